The number of nitrogens with zero attached hydrogens (tertiary/aromatic N) is 7. The molecule has 7 aromatic rings. The summed E-state index contributed by atoms with van der Waals surface area (Å²) in [6.07, 6.45) is 18.2. The van der Waals surface area contributed by atoms with Crippen LogP contribution in [0, 0.1) is 11.8 Å². The fourth-order valence-corrected chi connectivity index (χ4v) is 10.2. The van der Waals surface area contributed by atoms with Crippen molar-refractivity contribution in [2.24, 2.45) is 11.8 Å². The lowest BCUT2D eigenvalue weighted by Crippen LogP contribution is -2.41. The molecule has 0 aliphatic carbocycles. The van der Waals surface area contributed by atoms with E-state index in [0.717, 1.165) is 120 Å². The quantitative estimate of drug-likeness (QED) is 0.136. The van der Waals surface area contributed by atoms with Gasteiger partial charge in [-0.1, -0.05) is 72.8 Å². The van der Waals surface area contributed by atoms with Gasteiger partial charge >= 0.3 is 12.2 Å². The Hall–Kier alpha value is -6.86. The Morgan fingerprint density at radius 1 is 0.662 bits per heavy atom. The van der Waals surface area contributed by atoms with E-state index in [1.54, 1.807) is 0 Å². The van der Waals surface area contributed by atoms with Crippen LogP contribution in [0.1, 0.15) is 67.9 Å². The van der Waals surface area contributed by atoms with E-state index in [2.05, 4.69) is 79.6 Å². The number of rotatable bonds is 11. The highest BCUT2D eigenvalue weighted by Crippen LogP contribution is 2.34. The van der Waals surface area contributed by atoms with Gasteiger partial charge in [0.2, 0.25) is 0 Å². The second kappa shape index (κ2) is 21.4. The number of carbonyl (C=O) groups is 2. The maximum absolute atomic E-state index is 12.5. The minimum absolute atomic E-state index is 0.0597. The molecule has 1 N–H and O–H groups in total. The number of ether oxygens (including phenoxy) is 3. The van der Waals surface area contributed by atoms with Crippen LogP contribution >= 0.6 is 0 Å². The van der Waals surface area contributed by atoms with Gasteiger partial charge in [-0.2, -0.15) is 10.2 Å². The summed E-state index contributed by atoms with van der Waals surface area (Å²) in [6, 6.07) is 35.3. The number of fused-ring (bicyclic) bond motifs is 2. The van der Waals surface area contributed by atoms with Gasteiger partial charge in [0.05, 0.1) is 12.4 Å². The first-order chi connectivity index (χ1) is 33.5. The van der Waals surface area contributed by atoms with Gasteiger partial charge in [0, 0.05) is 98.7 Å². The third-order valence-corrected chi connectivity index (χ3v) is 14.1. The summed E-state index contributed by atoms with van der Waals surface area (Å²) >= 11 is 0. The molecule has 13 nitrogen and oxygen atoms in total. The van der Waals surface area contributed by atoms with Gasteiger partial charge in [0.15, 0.2) is 0 Å². The third kappa shape index (κ3) is 10.9. The molecule has 0 radical (unpaired) electrons. The second-order valence-electron chi connectivity index (χ2n) is 18.7. The summed E-state index contributed by atoms with van der Waals surface area (Å²) < 4.78 is 21.2. The highest BCUT2D eigenvalue weighted by Gasteiger charge is 2.29. The van der Waals surface area contributed by atoms with Crippen LogP contribution in [0.4, 0.5) is 15.3 Å². The number of amides is 2. The number of aromatic nitrogens is 5. The van der Waals surface area contributed by atoms with E-state index in [0.29, 0.717) is 25.0 Å². The summed E-state index contributed by atoms with van der Waals surface area (Å²) in [7, 11) is 0. The van der Waals surface area contributed by atoms with Crippen LogP contribution in [-0.4, -0.2) is 92.4 Å². The maximum atomic E-state index is 12.5. The van der Waals surface area contributed by atoms with E-state index in [9.17, 15) is 9.59 Å². The van der Waals surface area contributed by atoms with Crippen LogP contribution in [-0.2, 0) is 40.4 Å². The largest absolute Gasteiger partial charge is 0.445 e. The molecule has 0 bridgehead atoms. The molecule has 68 heavy (non-hydrogen) atoms. The first-order valence-corrected chi connectivity index (χ1v) is 24.5. The summed E-state index contributed by atoms with van der Waals surface area (Å²) in [4.78, 5) is 31.1. The van der Waals surface area contributed by atoms with Crippen molar-refractivity contribution in [3.8, 4) is 22.3 Å². The molecule has 0 saturated carbocycles. The molecular formula is C55H62N8O5. The van der Waals surface area contributed by atoms with Crippen molar-refractivity contribution in [3.63, 3.8) is 0 Å². The van der Waals surface area contributed by atoms with Crippen LogP contribution < -0.4 is 4.90 Å². The number of hydrogen-bond donors (Lipinski definition) is 1. The van der Waals surface area contributed by atoms with Crippen molar-refractivity contribution in [1.29, 1.82) is 0 Å². The summed E-state index contributed by atoms with van der Waals surface area (Å²) in [5.74, 6) is 1.15. The summed E-state index contributed by atoms with van der Waals surface area (Å²) in [6.45, 7) is 7.62. The molecule has 1 unspecified atom stereocenters. The zero-order valence-corrected chi connectivity index (χ0v) is 38.8. The Bertz CT molecular complexity index is 2710. The molecule has 1 atom stereocenters. The van der Waals surface area contributed by atoms with E-state index < -0.39 is 0 Å². The third-order valence-electron chi connectivity index (χ3n) is 14.1. The highest BCUT2D eigenvalue weighted by molar-refractivity contribution is 5.85. The monoisotopic (exact) mass is 914 g/mol. The minimum atomic E-state index is -0.209. The molecule has 3 aromatic heterocycles. The number of H-pyrrole nitrogens is 1. The first kappa shape index (κ1) is 44.9. The predicted molar refractivity (Wildman–Crippen MR) is 264 cm³/mol. The van der Waals surface area contributed by atoms with Crippen molar-refractivity contribution < 1.29 is 23.8 Å². The second-order valence-corrected chi connectivity index (χ2v) is 18.7. The standard InChI is InChI=1S/C30H34N4O3.C25H28N4O2/c35-30(37-22-24-6-2-1-3-7-24)32-14-11-23(12-15-32)20-33-16-13-26-18-25(9-10-28(26)33)27-19-31-34(21-27)29-8-4-5-17-36-29;30-25(31-18-20-4-2-1-3-5-20)28-11-8-19(9-12-28)17-29-13-10-22-14-21(6-7-24(22)29)23-15-26-27-16-23/h1-3,6-7,9-10,13,16,18-19,21,23,29H,4-5,8,11-12,14-15,17,20,22H2;1-7,14-16,19H,8-13,17-18H2,(H,26,27). The van der Waals surface area contributed by atoms with E-state index in [4.69, 9.17) is 14.2 Å². The zero-order valence-electron chi connectivity index (χ0n) is 38.8. The predicted octanol–water partition coefficient (Wildman–Crippen LogP) is 10.7. The molecule has 3 saturated heterocycles. The van der Waals surface area contributed by atoms with E-state index >= 15 is 0 Å². The fraction of sp³-hybridized carbons (Fsp3) is 0.382. The number of aromatic amines is 1. The van der Waals surface area contributed by atoms with Crippen molar-refractivity contribution >= 4 is 28.8 Å². The average molecular weight is 915 g/mol. The Labute approximate surface area is 398 Å². The molecule has 11 rings (SSSR count). The van der Waals surface area contributed by atoms with Gasteiger partial charge in [0.25, 0.3) is 0 Å². The van der Waals surface area contributed by atoms with E-state index in [1.165, 1.54) is 39.7 Å². The van der Waals surface area contributed by atoms with Crippen molar-refractivity contribution in [2.75, 3.05) is 50.8 Å². The average Bonchev–Trinajstić information content (AvgIpc) is 4.25. The lowest BCUT2D eigenvalue weighted by molar-refractivity contribution is -0.0394. The number of likely N-dealkylation sites (tertiary alicyclic amines) is 2. The van der Waals surface area contributed by atoms with Crippen LogP contribution in [0.5, 0.6) is 0 Å². The van der Waals surface area contributed by atoms with Crippen LogP contribution in [0.15, 0.2) is 134 Å². The summed E-state index contributed by atoms with van der Waals surface area (Å²) in [5, 5.41) is 12.8. The zero-order chi connectivity index (χ0) is 46.1. The van der Waals surface area contributed by atoms with Crippen molar-refractivity contribution in [3.05, 3.63) is 151 Å². The molecule has 4 aliphatic heterocycles. The lowest BCUT2D eigenvalue weighted by Gasteiger charge is -2.34. The van der Waals surface area contributed by atoms with Gasteiger partial charge in [-0.25, -0.2) is 14.3 Å². The number of hydrogen-bond acceptors (Lipinski definition) is 8. The van der Waals surface area contributed by atoms with Crippen LogP contribution in [0.3, 0.4) is 0 Å². The molecule has 4 aliphatic rings. The Morgan fingerprint density at radius 3 is 1.97 bits per heavy atom. The molecular weight excluding hydrogens is 853 g/mol. The molecule has 2 amide bonds. The van der Waals surface area contributed by atoms with Crippen LogP contribution in [0.25, 0.3) is 33.2 Å². The Morgan fingerprint density at radius 2 is 1.32 bits per heavy atom. The molecule has 0 spiro atoms. The van der Waals surface area contributed by atoms with Crippen LogP contribution in [0.2, 0.25) is 0 Å². The number of carbonyl (C=O) groups excluding carboxylic acids is 2. The molecule has 4 aromatic carbocycles. The van der Waals surface area contributed by atoms with Gasteiger partial charge in [-0.15, -0.1) is 0 Å². The topological polar surface area (TPSA) is 123 Å². The fourth-order valence-electron chi connectivity index (χ4n) is 10.2. The number of piperidine rings is 2. The van der Waals surface area contributed by atoms with Crippen molar-refractivity contribution in [1.82, 2.24) is 34.3 Å². The van der Waals surface area contributed by atoms with E-state index in [1.807, 2.05) is 93.7 Å². The molecule has 352 valence electrons. The lowest BCUT2D eigenvalue weighted by atomic mass is 9.96. The SMILES string of the molecule is O=C(OCc1ccccc1)N1CCC(CN2CCc3cc(-c4cn[nH]c4)ccc32)CC1.O=C(OCc1ccccc1)N1CCC(Cn2ccc3cc(-c4cnn(C5CCCCO5)c4)ccc32)CC1. The van der Waals surface area contributed by atoms with Gasteiger partial charge < -0.3 is 33.5 Å². The normalized spacial score (nSPS) is 17.7. The van der Waals surface area contributed by atoms with Gasteiger partial charge in [-0.05, 0) is 121 Å². The number of benzene rings is 4. The molecule has 7 heterocycles. The van der Waals surface area contributed by atoms with Gasteiger partial charge in [-0.3, -0.25) is 5.10 Å². The highest BCUT2D eigenvalue weighted by atomic mass is 16.6. The first-order valence-electron chi connectivity index (χ1n) is 24.5. The van der Waals surface area contributed by atoms with E-state index in [-0.39, 0.29) is 18.4 Å². The molecule has 13 heteroatoms. The number of nitrogens with one attached hydrogen (secondary N) is 1. The smallest absolute Gasteiger partial charge is 0.410 e. The minimum Gasteiger partial charge on any atom is -0.445 e. The summed E-state index contributed by atoms with van der Waals surface area (Å²) in [5.41, 5.74) is 10.7. The van der Waals surface area contributed by atoms with Gasteiger partial charge in [0.1, 0.15) is 19.4 Å². The number of anilines is 1. The Kier molecular flexibility index (Phi) is 14.1. The Balaban J connectivity index is 0.000000161. The molecule has 3 fully saturated rings. The van der Waals surface area contributed by atoms with Crippen molar-refractivity contribution in [2.45, 2.75) is 77.4 Å². The maximum Gasteiger partial charge on any atom is 0.410 e.